The number of ether oxygens (including phenoxy) is 4. The fourth-order valence-corrected chi connectivity index (χ4v) is 6.33. The highest BCUT2D eigenvalue weighted by Gasteiger charge is 2.27. The zero-order chi connectivity index (χ0) is 37.7. The van der Waals surface area contributed by atoms with Crippen LogP contribution in [0.1, 0.15) is 49.9 Å². The lowest BCUT2D eigenvalue weighted by Crippen LogP contribution is -2.21. The van der Waals surface area contributed by atoms with Gasteiger partial charge in [0.05, 0.1) is 0 Å². The second-order valence-corrected chi connectivity index (χ2v) is 14.3. The van der Waals surface area contributed by atoms with Crippen LogP contribution < -0.4 is 30.4 Å². The Morgan fingerprint density at radius 3 is 0.741 bits per heavy atom. The molecule has 0 radical (unpaired) electrons. The molecule has 4 N–H and O–H groups in total. The Kier molecular flexibility index (Phi) is 10.0. The normalized spacial score (nSPS) is 11.5. The third kappa shape index (κ3) is 8.03. The highest BCUT2D eigenvalue weighted by molar-refractivity contribution is 5.51. The van der Waals surface area contributed by atoms with E-state index < -0.39 is 0 Å². The number of hydrogen-bond donors (Lipinski definition) is 2. The van der Waals surface area contributed by atoms with E-state index in [1.807, 2.05) is 121 Å². The maximum atomic E-state index is 6.27. The summed E-state index contributed by atoms with van der Waals surface area (Å²) >= 11 is 0. The molecule has 0 bridgehead atoms. The molecule has 0 aromatic heterocycles. The lowest BCUT2D eigenvalue weighted by molar-refractivity contribution is 0.418. The molecule has 0 aliphatic rings. The van der Waals surface area contributed by atoms with Crippen LogP contribution >= 0.6 is 0 Å². The van der Waals surface area contributed by atoms with Crippen LogP contribution in [-0.4, -0.2) is 0 Å². The van der Waals surface area contributed by atoms with Crippen LogP contribution in [0.2, 0.25) is 0 Å². The van der Waals surface area contributed by atoms with Crippen LogP contribution in [0, 0.1) is 0 Å². The summed E-state index contributed by atoms with van der Waals surface area (Å²) < 4.78 is 24.7. The molecule has 270 valence electrons. The van der Waals surface area contributed by atoms with Crippen molar-refractivity contribution >= 4 is 11.4 Å². The molecule has 0 atom stereocenters. The molecule has 0 saturated heterocycles. The summed E-state index contributed by atoms with van der Waals surface area (Å²) in [5.74, 6) is 5.35. The fraction of sp³-hybridized carbons (Fsp3) is 0.125. The quantitative estimate of drug-likeness (QED) is 0.123. The van der Waals surface area contributed by atoms with Crippen LogP contribution in [0.3, 0.4) is 0 Å². The Labute approximate surface area is 317 Å². The van der Waals surface area contributed by atoms with E-state index in [-0.39, 0.29) is 10.8 Å². The Hall–Kier alpha value is -6.66. The molecule has 7 aromatic rings. The van der Waals surface area contributed by atoms with Crippen LogP contribution in [0.4, 0.5) is 11.4 Å². The van der Waals surface area contributed by atoms with E-state index in [2.05, 4.69) is 76.2 Å². The van der Waals surface area contributed by atoms with Crippen molar-refractivity contribution in [3.63, 3.8) is 0 Å². The third-order valence-electron chi connectivity index (χ3n) is 9.85. The minimum atomic E-state index is -0.232. The Bertz CT molecular complexity index is 2150. The zero-order valence-corrected chi connectivity index (χ0v) is 31.0. The van der Waals surface area contributed by atoms with Crippen LogP contribution in [0.25, 0.3) is 0 Å². The molecule has 0 unspecified atom stereocenters. The number of nitrogen functional groups attached to an aromatic ring is 2. The van der Waals surface area contributed by atoms with Gasteiger partial charge in [-0.2, -0.15) is 0 Å². The van der Waals surface area contributed by atoms with Crippen molar-refractivity contribution in [1.29, 1.82) is 0 Å². The largest absolute Gasteiger partial charge is 0.453 e. The van der Waals surface area contributed by atoms with Gasteiger partial charge in [-0.05, 0) is 119 Å². The van der Waals surface area contributed by atoms with Gasteiger partial charge >= 0.3 is 0 Å². The molecule has 0 heterocycles. The van der Waals surface area contributed by atoms with E-state index >= 15 is 0 Å². The predicted octanol–water partition coefficient (Wildman–Crippen LogP) is 12.7. The van der Waals surface area contributed by atoms with E-state index in [0.29, 0.717) is 45.9 Å². The maximum absolute atomic E-state index is 6.27. The first kappa shape index (κ1) is 35.7. The first-order valence-electron chi connectivity index (χ1n) is 18.0. The second-order valence-electron chi connectivity index (χ2n) is 14.3. The van der Waals surface area contributed by atoms with Gasteiger partial charge in [0.1, 0.15) is 23.0 Å². The number of rotatable bonds is 12. The molecule has 7 aromatic carbocycles. The molecule has 0 aliphatic heterocycles. The summed E-state index contributed by atoms with van der Waals surface area (Å²) in [5.41, 5.74) is 17.4. The maximum Gasteiger partial charge on any atom is 0.169 e. The van der Waals surface area contributed by atoms with Gasteiger partial charge in [-0.25, -0.2) is 0 Å². The van der Waals surface area contributed by atoms with Gasteiger partial charge in [0.15, 0.2) is 23.0 Å². The number of para-hydroxylation sites is 4. The van der Waals surface area contributed by atoms with Crippen molar-refractivity contribution in [2.75, 3.05) is 11.5 Å². The van der Waals surface area contributed by atoms with Crippen molar-refractivity contribution in [3.05, 3.63) is 192 Å². The van der Waals surface area contributed by atoms with Gasteiger partial charge < -0.3 is 30.4 Å². The van der Waals surface area contributed by atoms with Crippen molar-refractivity contribution in [2.24, 2.45) is 0 Å². The number of benzene rings is 7. The van der Waals surface area contributed by atoms with E-state index in [0.717, 1.165) is 11.5 Å². The molecule has 54 heavy (non-hydrogen) atoms. The SMILES string of the molecule is CC(C)(c1ccc(Oc2ccccc2Oc2ccc(N)cc2)cc1)c1ccc(C(C)(C)c2ccc(Oc3ccccc3Oc3ccc(N)cc3)cc2)cc1. The molecule has 7 rings (SSSR count). The lowest BCUT2D eigenvalue weighted by atomic mass is 9.74. The molecular formula is C48H44N2O4. The molecule has 0 spiro atoms. The number of anilines is 2. The van der Waals surface area contributed by atoms with Gasteiger partial charge in [-0.1, -0.05) is 100 Å². The third-order valence-corrected chi connectivity index (χ3v) is 9.85. The Morgan fingerprint density at radius 2 is 0.500 bits per heavy atom. The number of hydrogen-bond acceptors (Lipinski definition) is 6. The number of nitrogens with two attached hydrogens (primary N) is 2. The molecule has 0 saturated carbocycles. The van der Waals surface area contributed by atoms with E-state index in [1.165, 1.54) is 22.3 Å². The topological polar surface area (TPSA) is 89.0 Å². The lowest BCUT2D eigenvalue weighted by Gasteiger charge is -2.29. The molecule has 6 heteroatoms. The van der Waals surface area contributed by atoms with Crippen LogP contribution in [-0.2, 0) is 10.8 Å². The van der Waals surface area contributed by atoms with E-state index in [9.17, 15) is 0 Å². The zero-order valence-electron chi connectivity index (χ0n) is 31.0. The molecular weight excluding hydrogens is 669 g/mol. The highest BCUT2D eigenvalue weighted by atomic mass is 16.5. The summed E-state index contributed by atoms with van der Waals surface area (Å²) in [6.07, 6.45) is 0. The van der Waals surface area contributed by atoms with Crippen molar-refractivity contribution in [1.82, 2.24) is 0 Å². The minimum Gasteiger partial charge on any atom is -0.453 e. The fourth-order valence-electron chi connectivity index (χ4n) is 6.33. The summed E-state index contributed by atoms with van der Waals surface area (Å²) in [7, 11) is 0. The second kappa shape index (κ2) is 15.1. The van der Waals surface area contributed by atoms with Crippen molar-refractivity contribution in [3.8, 4) is 46.0 Å². The average molecular weight is 713 g/mol. The van der Waals surface area contributed by atoms with Crippen LogP contribution in [0.5, 0.6) is 46.0 Å². The molecule has 6 nitrogen and oxygen atoms in total. The minimum absolute atomic E-state index is 0.232. The standard InChI is InChI=1S/C48H44N2O4/c1-47(2,35-17-25-39(26-18-35)51-43-9-5-7-11-45(43)53-41-29-21-37(49)22-30-41)33-13-15-34(16-14-33)48(3,4)36-19-27-40(28-20-36)52-44-10-6-8-12-46(44)54-42-31-23-38(50)24-32-42/h5-32H,49-50H2,1-4H3. The smallest absolute Gasteiger partial charge is 0.169 e. The Morgan fingerprint density at radius 1 is 0.296 bits per heavy atom. The van der Waals surface area contributed by atoms with Gasteiger partial charge in [-0.15, -0.1) is 0 Å². The average Bonchev–Trinajstić information content (AvgIpc) is 3.18. The monoisotopic (exact) mass is 712 g/mol. The van der Waals surface area contributed by atoms with E-state index in [1.54, 1.807) is 0 Å². The summed E-state index contributed by atoms with van der Waals surface area (Å²) in [5, 5.41) is 0. The highest BCUT2D eigenvalue weighted by Crippen LogP contribution is 2.40. The summed E-state index contributed by atoms with van der Waals surface area (Å²) in [6.45, 7) is 8.99. The molecule has 0 amide bonds. The van der Waals surface area contributed by atoms with Gasteiger partial charge in [0, 0.05) is 22.2 Å². The predicted molar refractivity (Wildman–Crippen MR) is 218 cm³/mol. The molecule has 0 aliphatic carbocycles. The van der Waals surface area contributed by atoms with Gasteiger partial charge in [0.25, 0.3) is 0 Å². The van der Waals surface area contributed by atoms with Gasteiger partial charge in [0.2, 0.25) is 0 Å². The molecule has 0 fully saturated rings. The summed E-state index contributed by atoms with van der Waals surface area (Å²) in [4.78, 5) is 0. The van der Waals surface area contributed by atoms with Crippen molar-refractivity contribution < 1.29 is 18.9 Å². The first-order chi connectivity index (χ1) is 26.0. The summed E-state index contributed by atoms with van der Waals surface area (Å²) in [6, 6.07) is 55.4. The van der Waals surface area contributed by atoms with Crippen LogP contribution in [0.15, 0.2) is 170 Å². The van der Waals surface area contributed by atoms with E-state index in [4.69, 9.17) is 30.4 Å². The van der Waals surface area contributed by atoms with Gasteiger partial charge in [-0.3, -0.25) is 0 Å². The van der Waals surface area contributed by atoms with Crippen molar-refractivity contribution in [2.45, 2.75) is 38.5 Å². The Balaban J connectivity index is 1.01. The first-order valence-corrected chi connectivity index (χ1v) is 18.0.